The summed E-state index contributed by atoms with van der Waals surface area (Å²) in [5.74, 6) is 0.692. The number of aromatic amines is 1. The molecule has 2 aromatic rings. The van der Waals surface area contributed by atoms with Gasteiger partial charge in [-0.25, -0.2) is 8.42 Å². The first-order chi connectivity index (χ1) is 14.2. The Morgan fingerprint density at radius 1 is 1.23 bits per heavy atom. The third-order valence-corrected chi connectivity index (χ3v) is 6.98. The Morgan fingerprint density at radius 3 is 2.55 bits per heavy atom. The van der Waals surface area contributed by atoms with Crippen LogP contribution in [0.2, 0.25) is 0 Å². The van der Waals surface area contributed by atoms with Crippen LogP contribution >= 0.6 is 24.0 Å². The molecule has 3 N–H and O–H groups in total. The predicted molar refractivity (Wildman–Crippen MR) is 126 cm³/mol. The molecule has 2 heterocycles. The minimum atomic E-state index is -5.24. The van der Waals surface area contributed by atoms with E-state index in [9.17, 15) is 21.6 Å². The number of alkyl halides is 3. The van der Waals surface area contributed by atoms with E-state index >= 15 is 0 Å². The largest absolute Gasteiger partial charge is 0.511 e. The number of hydrogen-bond acceptors (Lipinski definition) is 3. The molecule has 0 radical (unpaired) electrons. The maximum atomic E-state index is 12.7. The normalized spacial score (nSPS) is 16.8. The van der Waals surface area contributed by atoms with Crippen LogP contribution < -0.4 is 10.6 Å². The van der Waals surface area contributed by atoms with Gasteiger partial charge in [-0.3, -0.25) is 4.99 Å². The van der Waals surface area contributed by atoms with Crippen LogP contribution in [-0.2, 0) is 16.4 Å². The second-order valence-electron chi connectivity index (χ2n) is 7.28. The van der Waals surface area contributed by atoms with E-state index in [-0.39, 0.29) is 43.0 Å². The van der Waals surface area contributed by atoms with E-state index in [1.165, 1.54) is 10.9 Å². The molecular weight excluding hydrogens is 546 g/mol. The van der Waals surface area contributed by atoms with Gasteiger partial charge >= 0.3 is 15.5 Å². The first-order valence-corrected chi connectivity index (χ1v) is 11.2. The maximum absolute atomic E-state index is 12.7. The highest BCUT2D eigenvalue weighted by atomic mass is 127. The number of rotatable bonds is 6. The molecule has 31 heavy (non-hydrogen) atoms. The fraction of sp³-hybridized carbons (Fsp3) is 0.526. The average molecular weight is 573 g/mol. The zero-order valence-electron chi connectivity index (χ0n) is 17.1. The highest BCUT2D eigenvalue weighted by Gasteiger charge is 2.50. The molecule has 1 aliphatic rings. The SMILES string of the molecule is CN=C(NCCc1c[nH]c2ccccc12)NCC1CCN(S(=O)(=O)C(F)(F)F)CC1.I. The molecule has 1 aromatic carbocycles. The van der Waals surface area contributed by atoms with Gasteiger partial charge in [0.2, 0.25) is 0 Å². The van der Waals surface area contributed by atoms with Crippen molar-refractivity contribution in [1.82, 2.24) is 19.9 Å². The number of nitrogens with zero attached hydrogens (tertiary/aromatic N) is 2. The van der Waals surface area contributed by atoms with Crippen molar-refractivity contribution in [3.8, 4) is 0 Å². The number of nitrogens with one attached hydrogen (secondary N) is 3. The third-order valence-electron chi connectivity index (χ3n) is 5.35. The molecule has 0 amide bonds. The number of para-hydroxylation sites is 1. The van der Waals surface area contributed by atoms with E-state index < -0.39 is 15.5 Å². The lowest BCUT2D eigenvalue weighted by Gasteiger charge is -2.31. The van der Waals surface area contributed by atoms with Crippen molar-refractivity contribution in [1.29, 1.82) is 0 Å². The summed E-state index contributed by atoms with van der Waals surface area (Å²) in [6.07, 6.45) is 3.53. The van der Waals surface area contributed by atoms with Gasteiger partial charge < -0.3 is 15.6 Å². The van der Waals surface area contributed by atoms with Crippen molar-refractivity contribution in [2.45, 2.75) is 24.8 Å². The number of hydrogen-bond donors (Lipinski definition) is 3. The van der Waals surface area contributed by atoms with Gasteiger partial charge in [-0.2, -0.15) is 17.5 Å². The van der Waals surface area contributed by atoms with Crippen LogP contribution in [0, 0.1) is 5.92 Å². The van der Waals surface area contributed by atoms with Gasteiger partial charge in [0.1, 0.15) is 0 Å². The second kappa shape index (κ2) is 10.9. The van der Waals surface area contributed by atoms with Crippen LogP contribution in [0.5, 0.6) is 0 Å². The number of H-pyrrole nitrogens is 1. The van der Waals surface area contributed by atoms with Crippen LogP contribution in [0.25, 0.3) is 10.9 Å². The zero-order valence-corrected chi connectivity index (χ0v) is 20.2. The minimum absolute atomic E-state index is 0. The average Bonchev–Trinajstić information content (AvgIpc) is 3.13. The summed E-state index contributed by atoms with van der Waals surface area (Å²) in [5.41, 5.74) is -2.95. The summed E-state index contributed by atoms with van der Waals surface area (Å²) < 4.78 is 61.4. The standard InChI is InChI=1S/C19H26F3N5O2S.HI/c1-23-18(24-9-6-15-13-25-17-5-3-2-4-16(15)17)26-12-14-7-10-27(11-8-14)30(28,29)19(20,21)22;/h2-5,13-14,25H,6-12H2,1H3,(H2,23,24,26);1H. The van der Waals surface area contributed by atoms with Crippen molar-refractivity contribution in [2.24, 2.45) is 10.9 Å². The molecule has 0 spiro atoms. The summed E-state index contributed by atoms with van der Waals surface area (Å²) >= 11 is 0. The van der Waals surface area contributed by atoms with Gasteiger partial charge in [-0.1, -0.05) is 18.2 Å². The topological polar surface area (TPSA) is 89.6 Å². The maximum Gasteiger partial charge on any atom is 0.511 e. The van der Waals surface area contributed by atoms with E-state index in [4.69, 9.17) is 0 Å². The Hall–Kier alpha value is -1.54. The number of aliphatic imine (C=N–C) groups is 1. The molecule has 1 aliphatic heterocycles. The van der Waals surface area contributed by atoms with E-state index in [2.05, 4.69) is 26.7 Å². The molecule has 3 rings (SSSR count). The lowest BCUT2D eigenvalue weighted by molar-refractivity contribution is -0.0496. The number of halogens is 4. The van der Waals surface area contributed by atoms with Gasteiger partial charge in [-0.15, -0.1) is 24.0 Å². The van der Waals surface area contributed by atoms with E-state index in [0.717, 1.165) is 11.9 Å². The molecule has 1 aromatic heterocycles. The summed E-state index contributed by atoms with van der Waals surface area (Å²) in [5, 5.41) is 7.60. The van der Waals surface area contributed by atoms with Crippen LogP contribution in [0.3, 0.4) is 0 Å². The second-order valence-corrected chi connectivity index (χ2v) is 9.21. The van der Waals surface area contributed by atoms with Crippen LogP contribution in [0.4, 0.5) is 13.2 Å². The van der Waals surface area contributed by atoms with Crippen LogP contribution in [0.15, 0.2) is 35.5 Å². The zero-order chi connectivity index (χ0) is 21.8. The molecule has 12 heteroatoms. The Labute approximate surface area is 196 Å². The van der Waals surface area contributed by atoms with E-state index in [1.54, 1.807) is 7.05 Å². The van der Waals surface area contributed by atoms with Crippen molar-refractivity contribution in [3.63, 3.8) is 0 Å². The van der Waals surface area contributed by atoms with Crippen LogP contribution in [0.1, 0.15) is 18.4 Å². The Morgan fingerprint density at radius 2 is 1.90 bits per heavy atom. The van der Waals surface area contributed by atoms with E-state index in [0.29, 0.717) is 36.2 Å². The molecular formula is C19H27F3IN5O2S. The summed E-state index contributed by atoms with van der Waals surface area (Å²) in [6, 6.07) is 8.08. The van der Waals surface area contributed by atoms with Crippen molar-refractivity contribution in [3.05, 3.63) is 36.0 Å². The first-order valence-electron chi connectivity index (χ1n) is 9.78. The van der Waals surface area contributed by atoms with Gasteiger partial charge in [0.05, 0.1) is 0 Å². The fourth-order valence-corrected chi connectivity index (χ4v) is 4.60. The van der Waals surface area contributed by atoms with Crippen LogP contribution in [-0.4, -0.2) is 62.4 Å². The number of benzene rings is 1. The number of guanidine groups is 1. The van der Waals surface area contributed by atoms with Crippen molar-refractivity contribution in [2.75, 3.05) is 33.2 Å². The number of aromatic nitrogens is 1. The van der Waals surface area contributed by atoms with Gasteiger partial charge in [0.15, 0.2) is 5.96 Å². The highest BCUT2D eigenvalue weighted by molar-refractivity contribution is 14.0. The molecule has 0 saturated carbocycles. The molecule has 0 unspecified atom stereocenters. The minimum Gasteiger partial charge on any atom is -0.361 e. The van der Waals surface area contributed by atoms with Crippen molar-refractivity contribution < 1.29 is 21.6 Å². The highest BCUT2D eigenvalue weighted by Crippen LogP contribution is 2.30. The Bertz CT molecular complexity index is 986. The lowest BCUT2D eigenvalue weighted by atomic mass is 9.98. The molecule has 0 bridgehead atoms. The van der Waals surface area contributed by atoms with Gasteiger partial charge in [0, 0.05) is 50.3 Å². The number of piperidine rings is 1. The quantitative estimate of drug-likeness (QED) is 0.282. The summed E-state index contributed by atoms with van der Waals surface area (Å²) in [6.45, 7) is 0.942. The molecule has 0 atom stereocenters. The van der Waals surface area contributed by atoms with Gasteiger partial charge in [0.25, 0.3) is 0 Å². The molecule has 1 saturated heterocycles. The van der Waals surface area contributed by atoms with Gasteiger partial charge in [-0.05, 0) is 36.8 Å². The molecule has 1 fully saturated rings. The Kier molecular flexibility index (Phi) is 9.01. The molecule has 0 aliphatic carbocycles. The number of sulfonamides is 1. The molecule has 174 valence electrons. The predicted octanol–water partition coefficient (Wildman–Crippen LogP) is 3.06. The smallest absolute Gasteiger partial charge is 0.361 e. The Balaban J connectivity index is 0.00000341. The third kappa shape index (κ3) is 6.25. The van der Waals surface area contributed by atoms with Crippen molar-refractivity contribution >= 4 is 50.9 Å². The number of fused-ring (bicyclic) bond motifs is 1. The summed E-state index contributed by atoms with van der Waals surface area (Å²) in [4.78, 5) is 7.41. The lowest BCUT2D eigenvalue weighted by Crippen LogP contribution is -2.47. The monoisotopic (exact) mass is 573 g/mol. The summed E-state index contributed by atoms with van der Waals surface area (Å²) in [7, 11) is -3.58. The van der Waals surface area contributed by atoms with E-state index in [1.807, 2.05) is 24.4 Å². The fourth-order valence-electron chi connectivity index (χ4n) is 3.62. The first kappa shape index (κ1) is 25.7. The molecule has 7 nitrogen and oxygen atoms in total.